The van der Waals surface area contributed by atoms with E-state index in [4.69, 9.17) is 10.2 Å². The molecule has 1 aromatic heterocycles. The number of furan rings is 1. The third-order valence-electron chi connectivity index (χ3n) is 1.01. The smallest absolute Gasteiger partial charge is 0.282 e. The van der Waals surface area contributed by atoms with E-state index in [2.05, 4.69) is 4.42 Å². The van der Waals surface area contributed by atoms with Gasteiger partial charge in [0.05, 0.1) is 0 Å². The van der Waals surface area contributed by atoms with Crippen molar-refractivity contribution in [2.75, 3.05) is 6.61 Å². The lowest BCUT2D eigenvalue weighted by molar-refractivity contribution is 0.0870. The summed E-state index contributed by atoms with van der Waals surface area (Å²) in [6, 6.07) is 2.54. The van der Waals surface area contributed by atoms with Crippen molar-refractivity contribution < 1.29 is 19.4 Å². The molecular weight excluding hydrogens is 136 g/mol. The molecule has 54 valence electrons. The molecule has 1 heterocycles. The van der Waals surface area contributed by atoms with Crippen LogP contribution in [0.3, 0.4) is 0 Å². The quantitative estimate of drug-likeness (QED) is 0.577. The second-order valence-corrected chi connectivity index (χ2v) is 1.72. The first-order valence-corrected chi connectivity index (χ1v) is 2.67. The van der Waals surface area contributed by atoms with Crippen molar-refractivity contribution in [1.29, 1.82) is 0 Å². The van der Waals surface area contributed by atoms with Crippen LogP contribution in [0.2, 0.25) is 0 Å². The number of aliphatic hydroxyl groups is 1. The van der Waals surface area contributed by atoms with Crippen LogP contribution >= 0.6 is 0 Å². The number of rotatable bonds is 2. The maximum atomic E-state index is 10.6. The van der Waals surface area contributed by atoms with E-state index >= 15 is 0 Å². The summed E-state index contributed by atoms with van der Waals surface area (Å²) in [6.07, 6.45) is 0. The Bertz CT molecular complexity index is 238. The fourth-order valence-corrected chi connectivity index (χ4v) is 0.555. The first kappa shape index (κ1) is 6.82. The van der Waals surface area contributed by atoms with Gasteiger partial charge >= 0.3 is 0 Å². The highest BCUT2D eigenvalue weighted by atomic mass is 16.5. The SMILES string of the molecule is O=C(CO)c1ccc(O)o1. The summed E-state index contributed by atoms with van der Waals surface area (Å²) >= 11 is 0. The van der Waals surface area contributed by atoms with Crippen molar-refractivity contribution in [3.8, 4) is 5.95 Å². The maximum absolute atomic E-state index is 10.6. The molecular formula is C6H6O4. The highest BCUT2D eigenvalue weighted by molar-refractivity contribution is 5.94. The van der Waals surface area contributed by atoms with Crippen LogP contribution in [0.1, 0.15) is 10.6 Å². The van der Waals surface area contributed by atoms with Gasteiger partial charge in [-0.15, -0.1) is 0 Å². The molecule has 10 heavy (non-hydrogen) atoms. The van der Waals surface area contributed by atoms with Gasteiger partial charge in [0.25, 0.3) is 5.95 Å². The Morgan fingerprint density at radius 3 is 2.70 bits per heavy atom. The molecule has 0 bridgehead atoms. The zero-order valence-corrected chi connectivity index (χ0v) is 5.07. The molecule has 0 amide bonds. The zero-order valence-electron chi connectivity index (χ0n) is 5.07. The Kier molecular flexibility index (Phi) is 1.73. The molecule has 4 heteroatoms. The second-order valence-electron chi connectivity index (χ2n) is 1.72. The zero-order chi connectivity index (χ0) is 7.56. The van der Waals surface area contributed by atoms with Gasteiger partial charge in [-0.2, -0.15) is 0 Å². The summed E-state index contributed by atoms with van der Waals surface area (Å²) in [6.45, 7) is -0.604. The molecule has 0 saturated heterocycles. The summed E-state index contributed by atoms with van der Waals surface area (Å²) in [5.41, 5.74) is 0. The topological polar surface area (TPSA) is 70.7 Å². The van der Waals surface area contributed by atoms with E-state index in [1.165, 1.54) is 12.1 Å². The first-order valence-electron chi connectivity index (χ1n) is 2.67. The van der Waals surface area contributed by atoms with E-state index in [-0.39, 0.29) is 11.7 Å². The Labute approximate surface area is 56.7 Å². The minimum atomic E-state index is -0.604. The van der Waals surface area contributed by atoms with Gasteiger partial charge in [0.1, 0.15) is 6.61 Å². The molecule has 0 atom stereocenters. The van der Waals surface area contributed by atoms with Gasteiger partial charge in [0.15, 0.2) is 5.76 Å². The predicted octanol–water partition coefficient (Wildman–Crippen LogP) is 0.160. The number of carbonyl (C=O) groups is 1. The molecule has 0 saturated carbocycles. The highest BCUT2D eigenvalue weighted by Gasteiger charge is 2.07. The van der Waals surface area contributed by atoms with E-state index in [1.807, 2.05) is 0 Å². The molecule has 2 N–H and O–H groups in total. The van der Waals surface area contributed by atoms with Crippen LogP contribution in [0.25, 0.3) is 0 Å². The number of aromatic hydroxyl groups is 1. The minimum Gasteiger partial charge on any atom is -0.481 e. The minimum absolute atomic E-state index is 0.0278. The number of hydrogen-bond acceptors (Lipinski definition) is 4. The number of hydrogen-bond donors (Lipinski definition) is 2. The van der Waals surface area contributed by atoms with E-state index < -0.39 is 12.4 Å². The van der Waals surface area contributed by atoms with E-state index in [0.29, 0.717) is 0 Å². The summed E-state index contributed by atoms with van der Waals surface area (Å²) in [5.74, 6) is -0.892. The van der Waals surface area contributed by atoms with Gasteiger partial charge in [0, 0.05) is 6.07 Å². The molecule has 0 aromatic carbocycles. The third-order valence-corrected chi connectivity index (χ3v) is 1.01. The fourth-order valence-electron chi connectivity index (χ4n) is 0.555. The lowest BCUT2D eigenvalue weighted by Crippen LogP contribution is -2.01. The van der Waals surface area contributed by atoms with Gasteiger partial charge in [-0.25, -0.2) is 0 Å². The molecule has 0 unspecified atom stereocenters. The van der Waals surface area contributed by atoms with Crippen molar-refractivity contribution in [2.24, 2.45) is 0 Å². The van der Waals surface area contributed by atoms with Crippen LogP contribution in [0.5, 0.6) is 5.95 Å². The van der Waals surface area contributed by atoms with Crippen molar-refractivity contribution in [1.82, 2.24) is 0 Å². The van der Waals surface area contributed by atoms with E-state index in [9.17, 15) is 4.79 Å². The molecule has 4 nitrogen and oxygen atoms in total. The number of Topliss-reactive ketones (excluding diaryl/α,β-unsaturated/α-hetero) is 1. The van der Waals surface area contributed by atoms with Crippen molar-refractivity contribution in [3.05, 3.63) is 17.9 Å². The summed E-state index contributed by atoms with van der Waals surface area (Å²) in [7, 11) is 0. The largest absolute Gasteiger partial charge is 0.481 e. The van der Waals surface area contributed by atoms with Gasteiger partial charge < -0.3 is 14.6 Å². The Morgan fingerprint density at radius 2 is 2.30 bits per heavy atom. The molecule has 0 radical (unpaired) electrons. The average Bonchev–Trinajstić information content (AvgIpc) is 2.34. The predicted molar refractivity (Wildman–Crippen MR) is 31.8 cm³/mol. The average molecular weight is 142 g/mol. The molecule has 0 fully saturated rings. The molecule has 1 rings (SSSR count). The van der Waals surface area contributed by atoms with Crippen molar-refractivity contribution >= 4 is 5.78 Å². The van der Waals surface area contributed by atoms with Gasteiger partial charge in [0.2, 0.25) is 5.78 Å². The van der Waals surface area contributed by atoms with E-state index in [0.717, 1.165) is 0 Å². The summed E-state index contributed by atoms with van der Waals surface area (Å²) in [4.78, 5) is 10.6. The standard InChI is InChI=1S/C6H6O4/c7-3-4(8)5-1-2-6(9)10-5/h1-2,7,9H,3H2. The lowest BCUT2D eigenvalue weighted by atomic mass is 10.3. The monoisotopic (exact) mass is 142 g/mol. The second kappa shape index (κ2) is 2.53. The third kappa shape index (κ3) is 1.16. The van der Waals surface area contributed by atoms with Crippen molar-refractivity contribution in [2.45, 2.75) is 0 Å². The van der Waals surface area contributed by atoms with Crippen LogP contribution < -0.4 is 0 Å². The molecule has 0 aliphatic carbocycles. The molecule has 0 aliphatic heterocycles. The Morgan fingerprint density at radius 1 is 1.60 bits per heavy atom. The van der Waals surface area contributed by atoms with Crippen LogP contribution in [-0.2, 0) is 0 Å². The van der Waals surface area contributed by atoms with Crippen molar-refractivity contribution in [3.63, 3.8) is 0 Å². The summed E-state index contributed by atoms with van der Waals surface area (Å²) in [5, 5.41) is 16.9. The highest BCUT2D eigenvalue weighted by Crippen LogP contribution is 2.13. The van der Waals surface area contributed by atoms with Crippen LogP contribution in [0.4, 0.5) is 0 Å². The molecule has 0 spiro atoms. The van der Waals surface area contributed by atoms with Gasteiger partial charge in [-0.3, -0.25) is 4.79 Å². The van der Waals surface area contributed by atoms with Crippen LogP contribution in [0.15, 0.2) is 16.5 Å². The number of carbonyl (C=O) groups excluding carboxylic acids is 1. The Balaban J connectivity index is 2.85. The maximum Gasteiger partial charge on any atom is 0.282 e. The van der Waals surface area contributed by atoms with E-state index in [1.54, 1.807) is 0 Å². The van der Waals surface area contributed by atoms with Gasteiger partial charge in [-0.1, -0.05) is 0 Å². The number of aliphatic hydroxyl groups excluding tert-OH is 1. The van der Waals surface area contributed by atoms with Gasteiger partial charge in [-0.05, 0) is 6.07 Å². The normalized spacial score (nSPS) is 9.70. The lowest BCUT2D eigenvalue weighted by Gasteiger charge is -1.86. The number of ketones is 1. The summed E-state index contributed by atoms with van der Waals surface area (Å²) < 4.78 is 4.48. The fraction of sp³-hybridized carbons (Fsp3) is 0.167. The first-order chi connectivity index (χ1) is 4.74. The Hall–Kier alpha value is -1.29. The molecule has 0 aliphatic rings. The molecule has 1 aromatic rings. The van der Waals surface area contributed by atoms with Crippen LogP contribution in [0, 0.1) is 0 Å². The van der Waals surface area contributed by atoms with Crippen LogP contribution in [-0.4, -0.2) is 22.6 Å².